The Morgan fingerprint density at radius 2 is 0.881 bits per heavy atom. The zero-order valence-electron chi connectivity index (χ0n) is 32.9. The minimum atomic E-state index is -0.284. The van der Waals surface area contributed by atoms with Gasteiger partial charge in [0.2, 0.25) is 0 Å². The highest BCUT2D eigenvalue weighted by atomic mass is 15.1. The summed E-state index contributed by atoms with van der Waals surface area (Å²) in [6.45, 7) is 2.39. The molecule has 11 rings (SSSR count). The van der Waals surface area contributed by atoms with Gasteiger partial charge in [0.05, 0.1) is 5.69 Å². The maximum atomic E-state index is 2.43. The number of hydrogen-bond acceptors (Lipinski definition) is 1. The van der Waals surface area contributed by atoms with E-state index in [0.717, 1.165) is 17.1 Å². The first-order chi connectivity index (χ1) is 29.1. The number of benzene rings is 10. The monoisotopic (exact) mass is 751 g/mol. The SMILES string of the molecule is CC1(c2ccccc2)c2ccccc2-c2c(-c3ccccc3N(c3ccc(-c4ccc5ccccc5c4)cc3)c3ccc(-c4cccc5ccccc45)cc3)cccc21. The fourth-order valence-electron chi connectivity index (χ4n) is 9.61. The molecule has 1 aliphatic rings. The minimum absolute atomic E-state index is 0.284. The van der Waals surface area contributed by atoms with Crippen LogP contribution in [0, 0.1) is 0 Å². The summed E-state index contributed by atoms with van der Waals surface area (Å²) in [6.07, 6.45) is 0. The molecule has 0 radical (unpaired) electrons. The van der Waals surface area contributed by atoms with Crippen molar-refractivity contribution in [1.82, 2.24) is 0 Å². The molecule has 0 bridgehead atoms. The lowest BCUT2D eigenvalue weighted by atomic mass is 9.74. The number of rotatable bonds is 7. The van der Waals surface area contributed by atoms with Gasteiger partial charge in [-0.25, -0.2) is 0 Å². The first-order valence-corrected chi connectivity index (χ1v) is 20.5. The van der Waals surface area contributed by atoms with Crippen molar-refractivity contribution in [3.63, 3.8) is 0 Å². The van der Waals surface area contributed by atoms with E-state index in [9.17, 15) is 0 Å². The molecule has 0 saturated heterocycles. The highest BCUT2D eigenvalue weighted by Crippen LogP contribution is 2.56. The van der Waals surface area contributed by atoms with E-state index in [1.807, 2.05) is 0 Å². The van der Waals surface area contributed by atoms with Gasteiger partial charge >= 0.3 is 0 Å². The third kappa shape index (κ3) is 5.77. The van der Waals surface area contributed by atoms with E-state index < -0.39 is 0 Å². The number of anilines is 3. The van der Waals surface area contributed by atoms with E-state index in [-0.39, 0.29) is 5.41 Å². The topological polar surface area (TPSA) is 3.24 Å². The molecule has 59 heavy (non-hydrogen) atoms. The first kappa shape index (κ1) is 34.7. The quantitative estimate of drug-likeness (QED) is 0.157. The molecule has 0 aromatic heterocycles. The van der Waals surface area contributed by atoms with Crippen molar-refractivity contribution in [3.05, 3.63) is 247 Å². The van der Waals surface area contributed by atoms with Crippen LogP contribution >= 0.6 is 0 Å². The molecule has 0 amide bonds. The van der Waals surface area contributed by atoms with Gasteiger partial charge in [-0.2, -0.15) is 0 Å². The summed E-state index contributed by atoms with van der Waals surface area (Å²) < 4.78 is 0. The molecule has 0 saturated carbocycles. The van der Waals surface area contributed by atoms with Gasteiger partial charge in [-0.3, -0.25) is 0 Å². The van der Waals surface area contributed by atoms with E-state index in [4.69, 9.17) is 0 Å². The van der Waals surface area contributed by atoms with Crippen molar-refractivity contribution in [2.45, 2.75) is 12.3 Å². The fourth-order valence-corrected chi connectivity index (χ4v) is 9.61. The Labute approximate surface area is 346 Å². The molecule has 10 aromatic rings. The summed E-state index contributed by atoms with van der Waals surface area (Å²) in [5.41, 5.74) is 16.9. The maximum absolute atomic E-state index is 2.43. The van der Waals surface area contributed by atoms with Gasteiger partial charge < -0.3 is 4.90 Å². The van der Waals surface area contributed by atoms with E-state index in [1.165, 1.54) is 82.7 Å². The predicted octanol–water partition coefficient (Wildman–Crippen LogP) is 15.8. The number of nitrogens with zero attached hydrogens (tertiary/aromatic N) is 1. The Bertz CT molecular complexity index is 3150. The van der Waals surface area contributed by atoms with E-state index >= 15 is 0 Å². The second-order valence-electron chi connectivity index (χ2n) is 15.8. The fraction of sp³-hybridized carbons (Fsp3) is 0.0345. The lowest BCUT2D eigenvalue weighted by molar-refractivity contribution is 0.714. The Morgan fingerprint density at radius 1 is 0.339 bits per heavy atom. The summed E-state index contributed by atoms with van der Waals surface area (Å²) in [5.74, 6) is 0. The molecule has 0 aliphatic heterocycles. The van der Waals surface area contributed by atoms with Crippen molar-refractivity contribution in [2.24, 2.45) is 0 Å². The van der Waals surface area contributed by atoms with Gasteiger partial charge in [0.15, 0.2) is 0 Å². The normalized spacial score (nSPS) is 14.3. The minimum Gasteiger partial charge on any atom is -0.310 e. The highest BCUT2D eigenvalue weighted by molar-refractivity contribution is 6.00. The Hall–Kier alpha value is -7.48. The second kappa shape index (κ2) is 14.2. The molecule has 278 valence electrons. The summed E-state index contributed by atoms with van der Waals surface area (Å²) in [4.78, 5) is 2.43. The molecule has 10 aromatic carbocycles. The van der Waals surface area contributed by atoms with Gasteiger partial charge in [0, 0.05) is 22.4 Å². The third-order valence-electron chi connectivity index (χ3n) is 12.6. The molecular formula is C58H41N. The summed E-state index contributed by atoms with van der Waals surface area (Å²) in [5, 5.41) is 5.00. The maximum Gasteiger partial charge on any atom is 0.0540 e. The van der Waals surface area contributed by atoms with E-state index in [1.54, 1.807) is 0 Å². The van der Waals surface area contributed by atoms with Crippen LogP contribution in [0.2, 0.25) is 0 Å². The van der Waals surface area contributed by atoms with Gasteiger partial charge in [-0.15, -0.1) is 0 Å². The van der Waals surface area contributed by atoms with Gasteiger partial charge in [0.25, 0.3) is 0 Å². The van der Waals surface area contributed by atoms with Crippen LogP contribution in [0.15, 0.2) is 231 Å². The molecule has 1 nitrogen and oxygen atoms in total. The van der Waals surface area contributed by atoms with Crippen LogP contribution < -0.4 is 4.90 Å². The van der Waals surface area contributed by atoms with Crippen LogP contribution in [-0.2, 0) is 5.41 Å². The molecule has 1 aliphatic carbocycles. The molecule has 1 heteroatoms. The van der Waals surface area contributed by atoms with Crippen molar-refractivity contribution in [2.75, 3.05) is 4.90 Å². The summed E-state index contributed by atoms with van der Waals surface area (Å²) in [7, 11) is 0. The number of fused-ring (bicyclic) bond motifs is 5. The van der Waals surface area contributed by atoms with Crippen molar-refractivity contribution >= 4 is 38.6 Å². The molecule has 1 unspecified atom stereocenters. The van der Waals surface area contributed by atoms with Crippen molar-refractivity contribution < 1.29 is 0 Å². The smallest absolute Gasteiger partial charge is 0.0540 e. The van der Waals surface area contributed by atoms with E-state index in [2.05, 4.69) is 242 Å². The van der Waals surface area contributed by atoms with E-state index in [0.29, 0.717) is 0 Å². The molecule has 0 N–H and O–H groups in total. The summed E-state index contributed by atoms with van der Waals surface area (Å²) >= 11 is 0. The average Bonchev–Trinajstić information content (AvgIpc) is 3.58. The molecule has 0 spiro atoms. The van der Waals surface area contributed by atoms with Gasteiger partial charge in [-0.05, 0) is 121 Å². The number of hydrogen-bond donors (Lipinski definition) is 0. The van der Waals surface area contributed by atoms with Gasteiger partial charge in [0.1, 0.15) is 0 Å². The lowest BCUT2D eigenvalue weighted by Gasteiger charge is -2.30. The highest BCUT2D eigenvalue weighted by Gasteiger charge is 2.41. The predicted molar refractivity (Wildman–Crippen MR) is 250 cm³/mol. The Balaban J connectivity index is 1.08. The van der Waals surface area contributed by atoms with Crippen molar-refractivity contribution in [1.29, 1.82) is 0 Å². The van der Waals surface area contributed by atoms with Crippen LogP contribution in [0.5, 0.6) is 0 Å². The van der Waals surface area contributed by atoms with Crippen LogP contribution in [0.3, 0.4) is 0 Å². The third-order valence-corrected chi connectivity index (χ3v) is 12.6. The summed E-state index contributed by atoms with van der Waals surface area (Å²) in [6, 6.07) is 84.5. The van der Waals surface area contributed by atoms with Gasteiger partial charge in [-0.1, -0.05) is 194 Å². The largest absolute Gasteiger partial charge is 0.310 e. The molecule has 0 fully saturated rings. The Morgan fingerprint density at radius 3 is 1.68 bits per heavy atom. The molecular weight excluding hydrogens is 711 g/mol. The zero-order valence-corrected chi connectivity index (χ0v) is 32.9. The average molecular weight is 752 g/mol. The van der Waals surface area contributed by atoms with Crippen LogP contribution in [0.25, 0.3) is 66.1 Å². The standard InChI is InChI=1S/C58H41N/c1-58(46-19-3-2-4-20-46)54-26-11-9-23-53(54)57-52(25-14-27-55(57)58)51-22-10-12-28-56(51)59(47-35-31-41(32-36-47)45-30-29-40-15-5-6-17-44(40)39-45)48-37-33-43(34-38-48)50-24-13-18-42-16-7-8-21-49(42)50/h2-39H,1H3. The second-order valence-corrected chi connectivity index (χ2v) is 15.8. The lowest BCUT2D eigenvalue weighted by Crippen LogP contribution is -2.22. The van der Waals surface area contributed by atoms with Crippen LogP contribution in [0.4, 0.5) is 17.1 Å². The Kier molecular flexibility index (Phi) is 8.34. The molecule has 0 heterocycles. The van der Waals surface area contributed by atoms with Crippen molar-refractivity contribution in [3.8, 4) is 44.5 Å². The first-order valence-electron chi connectivity index (χ1n) is 20.5. The zero-order chi connectivity index (χ0) is 39.3. The molecule has 1 atom stereocenters. The van der Waals surface area contributed by atoms with Crippen LogP contribution in [-0.4, -0.2) is 0 Å². The van der Waals surface area contributed by atoms with Crippen LogP contribution in [0.1, 0.15) is 23.6 Å². The number of para-hydroxylation sites is 1.